The zero-order valence-electron chi connectivity index (χ0n) is 8.26. The maximum atomic E-state index is 13.2. The second kappa shape index (κ2) is 5.36. The molecule has 4 N–H and O–H groups in total. The molecule has 5 nitrogen and oxygen atoms in total. The van der Waals surface area contributed by atoms with E-state index in [0.29, 0.717) is 6.07 Å². The van der Waals surface area contributed by atoms with Crippen LogP contribution in [0.4, 0.5) is 14.5 Å². The molecule has 1 rings (SSSR count). The number of hydrogen-bond donors (Lipinski definition) is 3. The number of halogens is 3. The Labute approximate surface area is 104 Å². The predicted molar refractivity (Wildman–Crippen MR) is 62.6 cm³/mol. The normalized spacial score (nSPS) is 10.8. The van der Waals surface area contributed by atoms with Gasteiger partial charge in [-0.15, -0.1) is 0 Å². The van der Waals surface area contributed by atoms with E-state index in [1.165, 1.54) is 0 Å². The Morgan fingerprint density at radius 1 is 1.47 bits per heavy atom. The van der Waals surface area contributed by atoms with Crippen molar-refractivity contribution in [2.24, 2.45) is 10.8 Å². The molecule has 0 unspecified atom stereocenters. The Morgan fingerprint density at radius 2 is 2.12 bits per heavy atom. The van der Waals surface area contributed by atoms with E-state index in [9.17, 15) is 8.78 Å². The molecule has 0 saturated carbocycles. The smallest absolute Gasteiger partial charge is 0.201 e. The third kappa shape index (κ3) is 3.22. The van der Waals surface area contributed by atoms with Crippen LogP contribution >= 0.6 is 15.9 Å². The van der Waals surface area contributed by atoms with Gasteiger partial charge in [-0.25, -0.2) is 8.78 Å². The van der Waals surface area contributed by atoms with Crippen molar-refractivity contribution < 1.29 is 8.78 Å². The van der Waals surface area contributed by atoms with Crippen LogP contribution in [0.2, 0.25) is 0 Å². The van der Waals surface area contributed by atoms with Crippen LogP contribution in [0.25, 0.3) is 0 Å². The minimum Gasteiger partial charge on any atom is -0.382 e. The van der Waals surface area contributed by atoms with E-state index in [1.807, 2.05) is 0 Å². The van der Waals surface area contributed by atoms with Gasteiger partial charge >= 0.3 is 0 Å². The molecule has 0 aromatic heterocycles. The number of nitriles is 1. The molecule has 0 spiro atoms. The van der Waals surface area contributed by atoms with Crippen LogP contribution in [0, 0.1) is 28.4 Å². The molecular formula is C9H6BrF2N5. The van der Waals surface area contributed by atoms with Gasteiger partial charge < -0.3 is 5.73 Å². The van der Waals surface area contributed by atoms with Crippen molar-refractivity contribution in [2.75, 3.05) is 5.43 Å². The summed E-state index contributed by atoms with van der Waals surface area (Å²) in [6.07, 6.45) is 0. The second-order valence-corrected chi connectivity index (χ2v) is 3.70. The van der Waals surface area contributed by atoms with Gasteiger partial charge in [0.05, 0.1) is 10.2 Å². The summed E-state index contributed by atoms with van der Waals surface area (Å²) in [6, 6.07) is 3.32. The van der Waals surface area contributed by atoms with Crippen LogP contribution < -0.4 is 11.2 Å². The zero-order valence-corrected chi connectivity index (χ0v) is 9.85. The van der Waals surface area contributed by atoms with E-state index >= 15 is 0 Å². The highest BCUT2D eigenvalue weighted by atomic mass is 79.9. The lowest BCUT2D eigenvalue weighted by atomic mass is 10.3. The molecule has 88 valence electrons. The number of amidine groups is 1. The largest absolute Gasteiger partial charge is 0.382 e. The first-order chi connectivity index (χ1) is 7.95. The van der Waals surface area contributed by atoms with Crippen molar-refractivity contribution >= 4 is 33.2 Å². The van der Waals surface area contributed by atoms with Gasteiger partial charge in [-0.2, -0.15) is 10.4 Å². The number of rotatable bonds is 3. The molecule has 0 aliphatic heterocycles. The van der Waals surface area contributed by atoms with Gasteiger partial charge in [0.25, 0.3) is 0 Å². The average molecular weight is 302 g/mol. The molecule has 0 atom stereocenters. The number of hydrogen-bond acceptors (Lipinski definition) is 4. The first-order valence-electron chi connectivity index (χ1n) is 4.18. The molecule has 0 heterocycles. The van der Waals surface area contributed by atoms with Gasteiger partial charge in [0.15, 0.2) is 11.7 Å². The molecule has 17 heavy (non-hydrogen) atoms. The summed E-state index contributed by atoms with van der Waals surface area (Å²) in [6.45, 7) is 0. The Balaban J connectivity index is 3.01. The number of benzene rings is 1. The lowest BCUT2D eigenvalue weighted by molar-refractivity contribution is 0.581. The van der Waals surface area contributed by atoms with E-state index in [-0.39, 0.29) is 10.2 Å². The molecule has 8 heteroatoms. The minimum absolute atomic E-state index is 0.0398. The van der Waals surface area contributed by atoms with Crippen LogP contribution in [-0.2, 0) is 0 Å². The number of nitrogens with zero attached hydrogens (tertiary/aromatic N) is 2. The fourth-order valence-electron chi connectivity index (χ4n) is 0.870. The van der Waals surface area contributed by atoms with E-state index in [4.69, 9.17) is 16.4 Å². The zero-order chi connectivity index (χ0) is 13.0. The first kappa shape index (κ1) is 13.1. The molecular weight excluding hydrogens is 296 g/mol. The topological polar surface area (TPSA) is 98.0 Å². The quantitative estimate of drug-likeness (QED) is 0.344. The highest BCUT2D eigenvalue weighted by Gasteiger charge is 2.08. The van der Waals surface area contributed by atoms with E-state index in [1.54, 1.807) is 6.07 Å². The molecule has 0 fully saturated rings. The molecule has 1 aromatic rings. The summed E-state index contributed by atoms with van der Waals surface area (Å²) >= 11 is 2.87. The van der Waals surface area contributed by atoms with Gasteiger partial charge in [0.2, 0.25) is 5.71 Å². The van der Waals surface area contributed by atoms with Crippen LogP contribution in [0.15, 0.2) is 21.7 Å². The third-order valence-corrected chi connectivity index (χ3v) is 2.27. The average Bonchev–Trinajstić information content (AvgIpc) is 2.25. The molecule has 0 radical (unpaired) electrons. The first-order valence-corrected chi connectivity index (χ1v) is 4.97. The Hall–Kier alpha value is -2.01. The minimum atomic E-state index is -0.879. The molecule has 0 aliphatic carbocycles. The number of nitrogens with two attached hydrogens (primary N) is 1. The molecule has 0 saturated heterocycles. The van der Waals surface area contributed by atoms with E-state index < -0.39 is 23.2 Å². The van der Waals surface area contributed by atoms with Gasteiger partial charge in [0.1, 0.15) is 11.9 Å². The maximum absolute atomic E-state index is 13.2. The summed E-state index contributed by atoms with van der Waals surface area (Å²) in [4.78, 5) is 0. The van der Waals surface area contributed by atoms with Crippen LogP contribution in [0.5, 0.6) is 0 Å². The van der Waals surface area contributed by atoms with Crippen molar-refractivity contribution in [2.45, 2.75) is 0 Å². The standard InChI is InChI=1S/C9H6BrF2N5/c10-4-1-7(6(12)2-5(4)11)16-17-8(3-13)9(14)15/h1-2,16H,(H3,14,15)/b17-8+. The Kier molecular flexibility index (Phi) is 4.12. The van der Waals surface area contributed by atoms with Gasteiger partial charge in [-0.3, -0.25) is 10.8 Å². The Bertz CT molecular complexity index is 535. The molecule has 0 aliphatic rings. The molecule has 0 amide bonds. The van der Waals surface area contributed by atoms with Crippen molar-refractivity contribution in [3.05, 3.63) is 28.2 Å². The van der Waals surface area contributed by atoms with E-state index in [0.717, 1.165) is 6.07 Å². The lowest BCUT2D eigenvalue weighted by Gasteiger charge is -2.04. The molecule has 0 bridgehead atoms. The SMILES string of the molecule is N#C/C(=N\Nc1cc(Br)c(F)cc1F)C(=N)N. The summed E-state index contributed by atoms with van der Waals surface area (Å²) < 4.78 is 26.2. The van der Waals surface area contributed by atoms with Crippen molar-refractivity contribution in [3.63, 3.8) is 0 Å². The van der Waals surface area contributed by atoms with E-state index in [2.05, 4.69) is 26.5 Å². The number of nitrogens with one attached hydrogen (secondary N) is 2. The fourth-order valence-corrected chi connectivity index (χ4v) is 1.21. The fraction of sp³-hybridized carbons (Fsp3) is 0. The summed E-state index contributed by atoms with van der Waals surface area (Å²) in [5, 5.41) is 18.9. The van der Waals surface area contributed by atoms with Crippen LogP contribution in [-0.4, -0.2) is 11.5 Å². The summed E-state index contributed by atoms with van der Waals surface area (Å²) in [5.41, 5.74) is 6.67. The number of hydrazone groups is 1. The number of anilines is 1. The summed E-state index contributed by atoms with van der Waals surface area (Å²) in [7, 11) is 0. The van der Waals surface area contributed by atoms with Gasteiger partial charge in [-0.05, 0) is 22.0 Å². The van der Waals surface area contributed by atoms with Crippen LogP contribution in [0.1, 0.15) is 0 Å². The van der Waals surface area contributed by atoms with Gasteiger partial charge in [0, 0.05) is 6.07 Å². The Morgan fingerprint density at radius 3 is 2.65 bits per heavy atom. The van der Waals surface area contributed by atoms with Crippen LogP contribution in [0.3, 0.4) is 0 Å². The highest BCUT2D eigenvalue weighted by molar-refractivity contribution is 9.10. The maximum Gasteiger partial charge on any atom is 0.201 e. The monoisotopic (exact) mass is 301 g/mol. The van der Waals surface area contributed by atoms with Crippen molar-refractivity contribution in [1.29, 1.82) is 10.7 Å². The van der Waals surface area contributed by atoms with Crippen molar-refractivity contribution in [3.8, 4) is 6.07 Å². The molecule has 1 aromatic carbocycles. The predicted octanol–water partition coefficient (Wildman–Crippen LogP) is 1.95. The van der Waals surface area contributed by atoms with Gasteiger partial charge in [-0.1, -0.05) is 0 Å². The highest BCUT2D eigenvalue weighted by Crippen LogP contribution is 2.23. The second-order valence-electron chi connectivity index (χ2n) is 2.84. The summed E-state index contributed by atoms with van der Waals surface area (Å²) in [5.74, 6) is -2.19. The lowest BCUT2D eigenvalue weighted by Crippen LogP contribution is -2.22. The third-order valence-electron chi connectivity index (χ3n) is 1.66. The van der Waals surface area contributed by atoms with Crippen molar-refractivity contribution in [1.82, 2.24) is 0 Å².